The van der Waals surface area contributed by atoms with Crippen molar-refractivity contribution in [1.82, 2.24) is 4.98 Å². The van der Waals surface area contributed by atoms with Crippen LogP contribution < -0.4 is 15.5 Å². The number of anilines is 3. The van der Waals surface area contributed by atoms with E-state index in [1.807, 2.05) is 24.3 Å². The Morgan fingerprint density at radius 1 is 0.909 bits per heavy atom. The first-order valence-corrected chi connectivity index (χ1v) is 6.70. The summed E-state index contributed by atoms with van der Waals surface area (Å²) in [7, 11) is 0. The minimum atomic E-state index is -0.200. The number of benzene rings is 1. The van der Waals surface area contributed by atoms with Crippen molar-refractivity contribution in [3.05, 3.63) is 48.4 Å². The monoisotopic (exact) mass is 308 g/mol. The highest BCUT2D eigenvalue weighted by atomic mass is 19.1. The Hall–Kier alpha value is -2.38. The van der Waals surface area contributed by atoms with Crippen LogP contribution in [0.1, 0.15) is 0 Å². The van der Waals surface area contributed by atoms with E-state index < -0.39 is 0 Å². The van der Waals surface area contributed by atoms with Crippen molar-refractivity contribution in [2.45, 2.75) is 0 Å². The zero-order valence-electron chi connectivity index (χ0n) is 12.2. The number of pyridine rings is 1. The van der Waals surface area contributed by atoms with E-state index >= 15 is 0 Å². The van der Waals surface area contributed by atoms with Crippen LogP contribution in [0.5, 0.6) is 0 Å². The molecule has 1 saturated heterocycles. The Morgan fingerprint density at radius 2 is 1.50 bits per heavy atom. The first kappa shape index (κ1) is 17.7. The molecule has 6 N–H and O–H groups in total. The van der Waals surface area contributed by atoms with Gasteiger partial charge in [0.05, 0.1) is 5.69 Å². The van der Waals surface area contributed by atoms with E-state index in [-0.39, 0.29) is 16.8 Å². The molecule has 22 heavy (non-hydrogen) atoms. The van der Waals surface area contributed by atoms with Gasteiger partial charge in [0.15, 0.2) is 5.82 Å². The number of hydrogen-bond acceptors (Lipinski definition) is 4. The number of piperazine rings is 1. The molecule has 0 atom stereocenters. The van der Waals surface area contributed by atoms with E-state index in [1.54, 1.807) is 6.20 Å². The molecule has 1 aromatic heterocycles. The standard InChI is InChI=1S/C15H17FN4.2H2O/c16-12-3-5-13(6-4-12)19-8-10-20(11-9-19)15-14(17)2-1-7-18-15;;/h1-7H,8-11,17H2;2*1H2. The highest BCUT2D eigenvalue weighted by molar-refractivity contribution is 5.63. The van der Waals surface area contributed by atoms with Crippen LogP contribution in [0.4, 0.5) is 21.6 Å². The van der Waals surface area contributed by atoms with E-state index in [1.165, 1.54) is 12.1 Å². The molecule has 0 aliphatic carbocycles. The fourth-order valence-electron chi connectivity index (χ4n) is 2.50. The maximum Gasteiger partial charge on any atom is 0.151 e. The van der Waals surface area contributed by atoms with Gasteiger partial charge in [-0.05, 0) is 36.4 Å². The van der Waals surface area contributed by atoms with E-state index in [4.69, 9.17) is 5.73 Å². The molecule has 0 radical (unpaired) electrons. The number of halogens is 1. The average molecular weight is 308 g/mol. The van der Waals surface area contributed by atoms with Gasteiger partial charge in [-0.1, -0.05) is 0 Å². The third-order valence-electron chi connectivity index (χ3n) is 3.59. The molecular weight excluding hydrogens is 287 g/mol. The molecule has 120 valence electrons. The summed E-state index contributed by atoms with van der Waals surface area (Å²) in [6.45, 7) is 3.47. The maximum absolute atomic E-state index is 12.9. The molecule has 1 fully saturated rings. The van der Waals surface area contributed by atoms with Crippen LogP contribution in [0.25, 0.3) is 0 Å². The van der Waals surface area contributed by atoms with Gasteiger partial charge in [-0.3, -0.25) is 0 Å². The predicted molar refractivity (Wildman–Crippen MR) is 86.7 cm³/mol. The highest BCUT2D eigenvalue weighted by Crippen LogP contribution is 2.23. The van der Waals surface area contributed by atoms with Crippen LogP contribution in [0.3, 0.4) is 0 Å². The van der Waals surface area contributed by atoms with Gasteiger partial charge >= 0.3 is 0 Å². The van der Waals surface area contributed by atoms with Gasteiger partial charge in [0.25, 0.3) is 0 Å². The largest absolute Gasteiger partial charge is 0.412 e. The molecule has 0 spiro atoms. The zero-order chi connectivity index (χ0) is 13.9. The lowest BCUT2D eigenvalue weighted by molar-refractivity contribution is 0.624. The first-order chi connectivity index (χ1) is 9.74. The second kappa shape index (κ2) is 7.58. The Kier molecular flexibility index (Phi) is 6.09. The SMILES string of the molecule is Nc1cccnc1N1CCN(c2ccc(F)cc2)CC1.O.O. The fourth-order valence-corrected chi connectivity index (χ4v) is 2.50. The second-order valence-corrected chi connectivity index (χ2v) is 4.87. The van der Waals surface area contributed by atoms with Crippen molar-refractivity contribution in [2.75, 3.05) is 41.7 Å². The summed E-state index contributed by atoms with van der Waals surface area (Å²) in [5.74, 6) is 0.653. The molecule has 6 nitrogen and oxygen atoms in total. The number of hydrogen-bond donors (Lipinski definition) is 1. The van der Waals surface area contributed by atoms with Crippen molar-refractivity contribution >= 4 is 17.2 Å². The molecule has 7 heteroatoms. The molecule has 1 aliphatic rings. The molecule has 2 aromatic rings. The Balaban J connectivity index is 0.00000121. The fraction of sp³-hybridized carbons (Fsp3) is 0.267. The number of aromatic nitrogens is 1. The number of rotatable bonds is 2. The van der Waals surface area contributed by atoms with Gasteiger partial charge in [0.1, 0.15) is 5.82 Å². The van der Waals surface area contributed by atoms with Crippen LogP contribution in [0, 0.1) is 5.82 Å². The molecule has 2 heterocycles. The second-order valence-electron chi connectivity index (χ2n) is 4.87. The average Bonchev–Trinajstić information content (AvgIpc) is 2.49. The van der Waals surface area contributed by atoms with Gasteiger partial charge in [0, 0.05) is 38.1 Å². The number of nitrogens with two attached hydrogens (primary N) is 1. The third-order valence-corrected chi connectivity index (χ3v) is 3.59. The van der Waals surface area contributed by atoms with Gasteiger partial charge < -0.3 is 26.5 Å². The molecule has 1 aliphatic heterocycles. The summed E-state index contributed by atoms with van der Waals surface area (Å²) < 4.78 is 12.9. The molecular formula is C15H21FN4O2. The summed E-state index contributed by atoms with van der Waals surface area (Å²) >= 11 is 0. The lowest BCUT2D eigenvalue weighted by atomic mass is 10.2. The maximum atomic E-state index is 12.9. The quantitative estimate of drug-likeness (QED) is 0.870. The van der Waals surface area contributed by atoms with Crippen molar-refractivity contribution in [2.24, 2.45) is 0 Å². The van der Waals surface area contributed by atoms with Crippen LogP contribution >= 0.6 is 0 Å². The zero-order valence-corrected chi connectivity index (χ0v) is 12.2. The van der Waals surface area contributed by atoms with E-state index in [0.29, 0.717) is 5.69 Å². The number of nitrogens with zero attached hydrogens (tertiary/aromatic N) is 3. The number of nitrogen functional groups attached to an aromatic ring is 1. The van der Waals surface area contributed by atoms with Gasteiger partial charge in [-0.25, -0.2) is 9.37 Å². The van der Waals surface area contributed by atoms with Crippen molar-refractivity contribution in [1.29, 1.82) is 0 Å². The predicted octanol–water partition coefficient (Wildman–Crippen LogP) is 0.480. The van der Waals surface area contributed by atoms with Crippen molar-refractivity contribution in [3.63, 3.8) is 0 Å². The highest BCUT2D eigenvalue weighted by Gasteiger charge is 2.19. The Labute approximate surface area is 128 Å². The van der Waals surface area contributed by atoms with Gasteiger partial charge in [-0.15, -0.1) is 0 Å². The van der Waals surface area contributed by atoms with Crippen LogP contribution in [-0.4, -0.2) is 42.1 Å². The minimum absolute atomic E-state index is 0. The minimum Gasteiger partial charge on any atom is -0.412 e. The Morgan fingerprint density at radius 3 is 2.09 bits per heavy atom. The van der Waals surface area contributed by atoms with Crippen LogP contribution in [0.15, 0.2) is 42.6 Å². The van der Waals surface area contributed by atoms with Gasteiger partial charge in [-0.2, -0.15) is 0 Å². The lowest BCUT2D eigenvalue weighted by Gasteiger charge is -2.37. The van der Waals surface area contributed by atoms with E-state index in [9.17, 15) is 4.39 Å². The van der Waals surface area contributed by atoms with E-state index in [2.05, 4.69) is 14.8 Å². The summed E-state index contributed by atoms with van der Waals surface area (Å²) in [5, 5.41) is 0. The lowest BCUT2D eigenvalue weighted by Crippen LogP contribution is -2.47. The normalized spacial score (nSPS) is 14.0. The topological polar surface area (TPSA) is 108 Å². The third kappa shape index (κ3) is 3.63. The summed E-state index contributed by atoms with van der Waals surface area (Å²) in [6, 6.07) is 10.3. The van der Waals surface area contributed by atoms with E-state index in [0.717, 1.165) is 37.7 Å². The summed E-state index contributed by atoms with van der Waals surface area (Å²) in [4.78, 5) is 8.78. The summed E-state index contributed by atoms with van der Waals surface area (Å²) in [5.41, 5.74) is 7.72. The first-order valence-electron chi connectivity index (χ1n) is 6.70. The smallest absolute Gasteiger partial charge is 0.151 e. The molecule has 0 bridgehead atoms. The molecule has 0 saturated carbocycles. The molecule has 0 unspecified atom stereocenters. The summed E-state index contributed by atoms with van der Waals surface area (Å²) in [6.07, 6.45) is 1.76. The van der Waals surface area contributed by atoms with Gasteiger partial charge in [0.2, 0.25) is 0 Å². The van der Waals surface area contributed by atoms with Crippen molar-refractivity contribution in [3.8, 4) is 0 Å². The van der Waals surface area contributed by atoms with Crippen LogP contribution in [0.2, 0.25) is 0 Å². The molecule has 0 amide bonds. The van der Waals surface area contributed by atoms with Crippen LogP contribution in [-0.2, 0) is 0 Å². The molecule has 3 rings (SSSR count). The Bertz CT molecular complexity index is 586. The molecule has 1 aromatic carbocycles. The van der Waals surface area contributed by atoms with Crippen molar-refractivity contribution < 1.29 is 15.3 Å².